The molecule has 0 N–H and O–H groups in total. The van der Waals surface area contributed by atoms with Crippen LogP contribution >= 0.6 is 0 Å². The third kappa shape index (κ3) is 7.23. The summed E-state index contributed by atoms with van der Waals surface area (Å²) in [6, 6.07) is 45.5. The maximum Gasteiger partial charge on any atom is 0.0645 e. The van der Waals surface area contributed by atoms with Gasteiger partial charge in [0.2, 0.25) is 0 Å². The van der Waals surface area contributed by atoms with Gasteiger partial charge in [-0.3, -0.25) is 0 Å². The molecule has 0 spiro atoms. The molecule has 0 unspecified atom stereocenters. The van der Waals surface area contributed by atoms with Gasteiger partial charge in [0.25, 0.3) is 0 Å². The molecule has 0 atom stereocenters. The van der Waals surface area contributed by atoms with Crippen LogP contribution in [0, 0.1) is 0 Å². The molecule has 10 aromatic carbocycles. The lowest BCUT2D eigenvalue weighted by Crippen LogP contribution is -2.09. The summed E-state index contributed by atoms with van der Waals surface area (Å²) in [4.78, 5) is 1.19. The molecule has 0 fully saturated rings. The van der Waals surface area contributed by atoms with Crippen LogP contribution in [0.2, 0.25) is 0 Å². The van der Waals surface area contributed by atoms with Crippen molar-refractivity contribution in [3.63, 3.8) is 0 Å². The Kier molecular flexibility index (Phi) is 6.55. The van der Waals surface area contributed by atoms with Gasteiger partial charge in [0.05, 0.1) is 17.8 Å². The Morgan fingerprint density at radius 2 is 0.797 bits per heavy atom. The molecule has 0 aromatic heterocycles. The zero-order chi connectivity index (χ0) is 50.7. The Bertz CT molecular complexity index is 3680. The van der Waals surface area contributed by atoms with Crippen LogP contribution in [0.15, 0.2) is 248 Å². The Morgan fingerprint density at radius 3 is 1.44 bits per heavy atom. The number of hydrogen-bond donors (Lipinski definition) is 0. The van der Waals surface area contributed by atoms with E-state index in [1.165, 1.54) is 4.90 Å². The van der Waals surface area contributed by atoms with Gasteiger partial charge in [-0.15, -0.1) is 0 Å². The van der Waals surface area contributed by atoms with Crippen molar-refractivity contribution >= 4 is 27.8 Å². The minimum absolute atomic E-state index is 0.0120. The fourth-order valence-electron chi connectivity index (χ4n) is 7.49. The molecule has 59 heavy (non-hydrogen) atoms. The molecule has 0 heterocycles. The van der Waals surface area contributed by atoms with Crippen LogP contribution in [0.5, 0.6) is 0 Å². The topological polar surface area (TPSA) is 3.24 Å². The van der Waals surface area contributed by atoms with Crippen LogP contribution in [0.3, 0.4) is 0 Å². The molecule has 0 radical (unpaired) electrons. The van der Waals surface area contributed by atoms with E-state index in [0.29, 0.717) is 11.1 Å². The van der Waals surface area contributed by atoms with Crippen molar-refractivity contribution in [1.29, 1.82) is 0 Å². The van der Waals surface area contributed by atoms with Crippen molar-refractivity contribution in [3.05, 3.63) is 248 Å². The van der Waals surface area contributed by atoms with Gasteiger partial charge in [0.15, 0.2) is 0 Å². The van der Waals surface area contributed by atoms with Gasteiger partial charge >= 0.3 is 0 Å². The molecule has 10 rings (SSSR count). The van der Waals surface area contributed by atoms with E-state index in [1.54, 1.807) is 30.3 Å². The zero-order valence-electron chi connectivity index (χ0n) is 44.6. The lowest BCUT2D eigenvalue weighted by Gasteiger charge is -2.26. The maximum absolute atomic E-state index is 9.75. The highest BCUT2D eigenvalue weighted by Crippen LogP contribution is 2.42. The minimum atomic E-state index is -0.742. The van der Waals surface area contributed by atoms with E-state index in [0.717, 1.165) is 49.7 Å². The van der Waals surface area contributed by atoms with Gasteiger partial charge in [-0.2, -0.15) is 0 Å². The molecule has 0 amide bonds. The maximum atomic E-state index is 9.75. The third-order valence-electron chi connectivity index (χ3n) is 10.3. The van der Waals surface area contributed by atoms with Crippen molar-refractivity contribution in [3.8, 4) is 66.8 Å². The van der Waals surface area contributed by atoms with E-state index in [1.807, 2.05) is 115 Å². The second-order valence-electron chi connectivity index (χ2n) is 13.9. The largest absolute Gasteiger partial charge is 0.311 e. The highest BCUT2D eigenvalue weighted by Gasteiger charge is 2.17. The van der Waals surface area contributed by atoms with Crippen molar-refractivity contribution in [2.45, 2.75) is 0 Å². The first-order valence-electron chi connectivity index (χ1n) is 25.7. The van der Waals surface area contributed by atoms with Crippen LogP contribution in [-0.4, -0.2) is 0 Å². The minimum Gasteiger partial charge on any atom is -0.311 e. The molecule has 0 aliphatic rings. The second-order valence-corrected chi connectivity index (χ2v) is 13.9. The Balaban J connectivity index is 1.20. The van der Waals surface area contributed by atoms with E-state index in [-0.39, 0.29) is 16.9 Å². The van der Waals surface area contributed by atoms with Crippen molar-refractivity contribution in [2.75, 3.05) is 4.90 Å². The molecule has 0 bridgehead atoms. The average Bonchev–Trinajstić information content (AvgIpc) is 3.42. The molecule has 278 valence electrons. The predicted octanol–water partition coefficient (Wildman–Crippen LogP) is 16.3. The number of rotatable bonds is 9. The quantitative estimate of drug-likeness (QED) is 0.141. The predicted molar refractivity (Wildman–Crippen MR) is 251 cm³/mol. The van der Waals surface area contributed by atoms with Crippen molar-refractivity contribution in [2.24, 2.45) is 0 Å². The highest BCUT2D eigenvalue weighted by atomic mass is 15.1. The van der Waals surface area contributed by atoms with E-state index in [2.05, 4.69) is 24.3 Å². The monoisotopic (exact) mass is 764 g/mol. The zero-order valence-corrected chi connectivity index (χ0v) is 31.6. The Morgan fingerprint density at radius 1 is 0.288 bits per heavy atom. The molecule has 0 saturated heterocycles. The van der Waals surface area contributed by atoms with Gasteiger partial charge in [-0.05, 0) is 120 Å². The number of anilines is 3. The fraction of sp³-hybridized carbons (Fsp3) is 0. The number of hydrogen-bond acceptors (Lipinski definition) is 1. The van der Waals surface area contributed by atoms with Gasteiger partial charge < -0.3 is 4.90 Å². The summed E-state index contributed by atoms with van der Waals surface area (Å²) in [7, 11) is 0. The SMILES string of the molecule is [2H]c1c([2H])c([2H])c(-c2c([2H])c([2H])c(N(c3ccc(-c4ccc(-c5ccccc5)c(-c5ccccc5)c4)cc3)c3c([2H])c([2H])c(-c4ccc5ccccc5c4-c4ccccc4)c([2H])c3[2H])c([2H])c2[2H])c([2H])c1[2H]. The first-order chi connectivity index (χ1) is 34.7. The number of fused-ring (bicyclic) bond motifs is 1. The van der Waals surface area contributed by atoms with Gasteiger partial charge in [-0.1, -0.05) is 206 Å². The first kappa shape index (κ1) is 24.1. The van der Waals surface area contributed by atoms with Gasteiger partial charge in [0.1, 0.15) is 0 Å². The normalized spacial score (nSPS) is 14.1. The van der Waals surface area contributed by atoms with E-state index in [4.69, 9.17) is 6.85 Å². The highest BCUT2D eigenvalue weighted by molar-refractivity contribution is 6.04. The van der Waals surface area contributed by atoms with E-state index in [9.17, 15) is 11.0 Å². The summed E-state index contributed by atoms with van der Waals surface area (Å²) in [6.45, 7) is 0. The van der Waals surface area contributed by atoms with Crippen LogP contribution in [0.25, 0.3) is 77.5 Å². The van der Waals surface area contributed by atoms with E-state index < -0.39 is 95.4 Å². The summed E-state index contributed by atoms with van der Waals surface area (Å²) in [5, 5.41) is 1.73. The molecule has 10 aromatic rings. The molecular formula is C58H41N. The number of benzene rings is 10. The molecule has 0 saturated carbocycles. The summed E-state index contributed by atoms with van der Waals surface area (Å²) >= 11 is 0. The van der Waals surface area contributed by atoms with Gasteiger partial charge in [0, 0.05) is 17.1 Å². The number of nitrogens with zero attached hydrogens (tertiary/aromatic N) is 1. The molecule has 1 nitrogen and oxygen atoms in total. The molecule has 0 aliphatic heterocycles. The smallest absolute Gasteiger partial charge is 0.0645 e. The lowest BCUT2D eigenvalue weighted by atomic mass is 9.90. The summed E-state index contributed by atoms with van der Waals surface area (Å²) in [6.07, 6.45) is 0. The molecular weight excluding hydrogens is 711 g/mol. The van der Waals surface area contributed by atoms with Crippen molar-refractivity contribution in [1.82, 2.24) is 0 Å². The molecule has 1 heteroatoms. The van der Waals surface area contributed by atoms with Crippen LogP contribution in [0.1, 0.15) is 17.8 Å². The molecule has 0 aliphatic carbocycles. The fourth-order valence-corrected chi connectivity index (χ4v) is 7.49. The summed E-state index contributed by atoms with van der Waals surface area (Å²) in [5.41, 5.74) is 5.90. The summed E-state index contributed by atoms with van der Waals surface area (Å²) < 4.78 is 119. The van der Waals surface area contributed by atoms with Gasteiger partial charge in [-0.25, -0.2) is 0 Å². The second kappa shape index (κ2) is 16.0. The summed E-state index contributed by atoms with van der Waals surface area (Å²) in [5.74, 6) is 0. The Labute approximate surface area is 365 Å². The third-order valence-corrected chi connectivity index (χ3v) is 10.3. The lowest BCUT2D eigenvalue weighted by molar-refractivity contribution is 1.28. The Hall–Kier alpha value is -7.74. The first-order valence-corrected chi connectivity index (χ1v) is 19.2. The van der Waals surface area contributed by atoms with Crippen LogP contribution < -0.4 is 4.90 Å². The standard InChI is InChI=1S/C58H41N/c1-5-15-42(16-6-1)43-25-33-51(34-26-43)59(53-37-29-48(30-38-53)56-40-31-47-21-13-14-24-55(47)58(56)49-22-11-4-12-23-49)52-35-27-44(28-36-52)50-32-39-54(45-17-7-2-8-18-45)57(41-50)46-19-9-3-10-20-46/h1-41H/i1D,5D,6D,15D,16D,25D,26D,29D,30D,33D,34D,37D,38D. The van der Waals surface area contributed by atoms with E-state index >= 15 is 0 Å². The average molecular weight is 765 g/mol. The van der Waals surface area contributed by atoms with Crippen LogP contribution in [-0.2, 0) is 0 Å². The van der Waals surface area contributed by atoms with Crippen molar-refractivity contribution < 1.29 is 17.8 Å². The van der Waals surface area contributed by atoms with Crippen LogP contribution in [0.4, 0.5) is 17.1 Å².